The van der Waals surface area contributed by atoms with Gasteiger partial charge in [0.05, 0.1) is 0 Å². The lowest BCUT2D eigenvalue weighted by atomic mass is 9.96. The van der Waals surface area contributed by atoms with E-state index in [1.54, 1.807) is 0 Å². The number of rotatable bonds is 2. The van der Waals surface area contributed by atoms with Crippen LogP contribution in [0.5, 0.6) is 0 Å². The molecule has 0 unspecified atom stereocenters. The molecule has 0 bridgehead atoms. The molecule has 0 aliphatic heterocycles. The largest absolute Gasteiger partial charge is 0.360 e. The first-order valence-corrected chi connectivity index (χ1v) is 7.69. The number of hydrogen-bond donors (Lipinski definition) is 2. The normalized spacial score (nSPS) is 16.3. The number of halogens is 1. The second-order valence-electron chi connectivity index (χ2n) is 4.89. The third kappa shape index (κ3) is 3.95. The van der Waals surface area contributed by atoms with E-state index in [4.69, 9.17) is 12.2 Å². The molecule has 0 amide bonds. The fourth-order valence-corrected chi connectivity index (χ4v) is 2.96. The number of aryl methyl sites for hydroxylation is 1. The Morgan fingerprint density at radius 2 is 2.00 bits per heavy atom. The first kappa shape index (κ1) is 13.8. The fourth-order valence-electron chi connectivity index (χ4n) is 2.32. The fraction of sp³-hybridized carbons (Fsp3) is 0.500. The number of hydrogen-bond acceptors (Lipinski definition) is 1. The van der Waals surface area contributed by atoms with Gasteiger partial charge in [-0.05, 0) is 49.7 Å². The number of anilines is 1. The highest BCUT2D eigenvalue weighted by molar-refractivity contribution is 9.10. The maximum Gasteiger partial charge on any atom is 0.171 e. The number of nitrogens with one attached hydrogen (secondary N) is 2. The lowest BCUT2D eigenvalue weighted by Crippen LogP contribution is -2.38. The Morgan fingerprint density at radius 3 is 2.72 bits per heavy atom. The molecule has 0 aromatic heterocycles. The summed E-state index contributed by atoms with van der Waals surface area (Å²) < 4.78 is 1.07. The van der Waals surface area contributed by atoms with Crippen LogP contribution in [0.4, 0.5) is 5.69 Å². The average Bonchev–Trinajstić information content (AvgIpc) is 2.35. The molecule has 1 fully saturated rings. The minimum atomic E-state index is 0.547. The third-order valence-corrected chi connectivity index (χ3v) is 4.10. The first-order chi connectivity index (χ1) is 8.65. The standard InChI is InChI=1S/C14H19BrN2S/c1-10-7-8-11(15)9-13(10)17-14(18)16-12-5-3-2-4-6-12/h7-9,12H,2-6H2,1H3,(H2,16,17,18). The van der Waals surface area contributed by atoms with Crippen molar-refractivity contribution in [3.8, 4) is 0 Å². The molecule has 0 radical (unpaired) electrons. The van der Waals surface area contributed by atoms with Crippen LogP contribution in [-0.4, -0.2) is 11.2 Å². The summed E-state index contributed by atoms with van der Waals surface area (Å²) in [5, 5.41) is 7.45. The maximum absolute atomic E-state index is 5.38. The molecular formula is C14H19BrN2S. The average molecular weight is 327 g/mol. The van der Waals surface area contributed by atoms with Crippen LogP contribution in [0.1, 0.15) is 37.7 Å². The van der Waals surface area contributed by atoms with Crippen LogP contribution in [0.3, 0.4) is 0 Å². The lowest BCUT2D eigenvalue weighted by molar-refractivity contribution is 0.415. The first-order valence-electron chi connectivity index (χ1n) is 6.49. The highest BCUT2D eigenvalue weighted by atomic mass is 79.9. The Labute approximate surface area is 123 Å². The molecule has 2 nitrogen and oxygen atoms in total. The molecule has 1 aromatic rings. The van der Waals surface area contributed by atoms with Crippen molar-refractivity contribution in [2.24, 2.45) is 0 Å². The Kier molecular flexibility index (Phi) is 5.01. The molecule has 1 saturated carbocycles. The Balaban J connectivity index is 1.92. The zero-order valence-corrected chi connectivity index (χ0v) is 13.0. The van der Waals surface area contributed by atoms with Gasteiger partial charge in [0.2, 0.25) is 0 Å². The Bertz CT molecular complexity index is 428. The summed E-state index contributed by atoms with van der Waals surface area (Å²) in [5.41, 5.74) is 2.27. The number of benzene rings is 1. The summed E-state index contributed by atoms with van der Waals surface area (Å²) in [5.74, 6) is 0. The molecule has 0 atom stereocenters. The van der Waals surface area contributed by atoms with Gasteiger partial charge in [0.25, 0.3) is 0 Å². The van der Waals surface area contributed by atoms with Crippen LogP contribution in [-0.2, 0) is 0 Å². The van der Waals surface area contributed by atoms with Crippen molar-refractivity contribution in [3.63, 3.8) is 0 Å². The van der Waals surface area contributed by atoms with Crippen molar-refractivity contribution in [1.82, 2.24) is 5.32 Å². The Hall–Kier alpha value is -0.610. The van der Waals surface area contributed by atoms with Crippen molar-refractivity contribution in [3.05, 3.63) is 28.2 Å². The van der Waals surface area contributed by atoms with E-state index in [0.717, 1.165) is 15.3 Å². The van der Waals surface area contributed by atoms with Crippen molar-refractivity contribution in [2.75, 3.05) is 5.32 Å². The molecule has 4 heteroatoms. The van der Waals surface area contributed by atoms with Gasteiger partial charge in [0, 0.05) is 16.2 Å². The van der Waals surface area contributed by atoms with E-state index in [9.17, 15) is 0 Å². The van der Waals surface area contributed by atoms with Gasteiger partial charge >= 0.3 is 0 Å². The predicted octanol–water partition coefficient (Wildman–Crippen LogP) is 4.38. The van der Waals surface area contributed by atoms with E-state index < -0.39 is 0 Å². The third-order valence-electron chi connectivity index (χ3n) is 3.39. The summed E-state index contributed by atoms with van der Waals surface area (Å²) in [4.78, 5) is 0. The molecule has 1 aliphatic rings. The Morgan fingerprint density at radius 1 is 1.28 bits per heavy atom. The van der Waals surface area contributed by atoms with E-state index in [-0.39, 0.29) is 0 Å². The predicted molar refractivity (Wildman–Crippen MR) is 85.1 cm³/mol. The van der Waals surface area contributed by atoms with Crippen LogP contribution in [0.2, 0.25) is 0 Å². The van der Waals surface area contributed by atoms with Crippen LogP contribution in [0, 0.1) is 6.92 Å². The van der Waals surface area contributed by atoms with Crippen molar-refractivity contribution >= 4 is 38.9 Å². The second-order valence-corrected chi connectivity index (χ2v) is 6.22. The second kappa shape index (κ2) is 6.53. The summed E-state index contributed by atoms with van der Waals surface area (Å²) in [6.07, 6.45) is 6.47. The molecule has 2 rings (SSSR count). The maximum atomic E-state index is 5.38. The molecule has 2 N–H and O–H groups in total. The summed E-state index contributed by atoms with van der Waals surface area (Å²) >= 11 is 8.86. The van der Waals surface area contributed by atoms with Crippen LogP contribution < -0.4 is 10.6 Å². The van der Waals surface area contributed by atoms with Gasteiger partial charge in [0.1, 0.15) is 0 Å². The van der Waals surface area contributed by atoms with Crippen molar-refractivity contribution < 1.29 is 0 Å². The van der Waals surface area contributed by atoms with E-state index in [1.165, 1.54) is 37.7 Å². The van der Waals surface area contributed by atoms with Crippen LogP contribution in [0.15, 0.2) is 22.7 Å². The van der Waals surface area contributed by atoms with Gasteiger partial charge in [0.15, 0.2) is 5.11 Å². The minimum Gasteiger partial charge on any atom is -0.360 e. The van der Waals surface area contributed by atoms with E-state index in [1.807, 2.05) is 6.07 Å². The smallest absolute Gasteiger partial charge is 0.171 e. The monoisotopic (exact) mass is 326 g/mol. The van der Waals surface area contributed by atoms with E-state index >= 15 is 0 Å². The van der Waals surface area contributed by atoms with Gasteiger partial charge in [-0.25, -0.2) is 0 Å². The number of thiocarbonyl (C=S) groups is 1. The molecular weight excluding hydrogens is 308 g/mol. The van der Waals surface area contributed by atoms with Crippen LogP contribution in [0.25, 0.3) is 0 Å². The topological polar surface area (TPSA) is 24.1 Å². The van der Waals surface area contributed by atoms with Crippen molar-refractivity contribution in [1.29, 1.82) is 0 Å². The SMILES string of the molecule is Cc1ccc(Br)cc1NC(=S)NC1CCCCC1. The van der Waals surface area contributed by atoms with Gasteiger partial charge in [-0.1, -0.05) is 41.3 Å². The van der Waals surface area contributed by atoms with Gasteiger partial charge in [-0.3, -0.25) is 0 Å². The molecule has 0 saturated heterocycles. The highest BCUT2D eigenvalue weighted by Crippen LogP contribution is 2.21. The molecule has 0 spiro atoms. The van der Waals surface area contributed by atoms with E-state index in [2.05, 4.69) is 45.6 Å². The van der Waals surface area contributed by atoms with Gasteiger partial charge in [-0.15, -0.1) is 0 Å². The lowest BCUT2D eigenvalue weighted by Gasteiger charge is -2.24. The summed E-state index contributed by atoms with van der Waals surface area (Å²) in [6, 6.07) is 6.73. The summed E-state index contributed by atoms with van der Waals surface area (Å²) in [7, 11) is 0. The molecule has 98 valence electrons. The molecule has 18 heavy (non-hydrogen) atoms. The van der Waals surface area contributed by atoms with E-state index in [0.29, 0.717) is 6.04 Å². The van der Waals surface area contributed by atoms with Gasteiger partial charge < -0.3 is 10.6 Å². The van der Waals surface area contributed by atoms with Crippen molar-refractivity contribution in [2.45, 2.75) is 45.1 Å². The summed E-state index contributed by atoms with van der Waals surface area (Å²) in [6.45, 7) is 2.08. The minimum absolute atomic E-state index is 0.547. The molecule has 0 heterocycles. The highest BCUT2D eigenvalue weighted by Gasteiger charge is 2.14. The zero-order chi connectivity index (χ0) is 13.0. The molecule has 1 aromatic carbocycles. The van der Waals surface area contributed by atoms with Crippen LogP contribution >= 0.6 is 28.1 Å². The molecule has 1 aliphatic carbocycles. The quantitative estimate of drug-likeness (QED) is 0.789. The zero-order valence-electron chi connectivity index (χ0n) is 10.6. The van der Waals surface area contributed by atoms with Gasteiger partial charge in [-0.2, -0.15) is 0 Å².